The number of hydrogen-bond acceptors (Lipinski definition) is 3. The van der Waals surface area contributed by atoms with Gasteiger partial charge in [0, 0.05) is 4.90 Å². The van der Waals surface area contributed by atoms with Crippen LogP contribution in [-0.2, 0) is 11.2 Å². The minimum Gasteiger partial charge on any atom is -0.480 e. The maximum absolute atomic E-state index is 10.6. The van der Waals surface area contributed by atoms with Gasteiger partial charge >= 0.3 is 5.97 Å². The second-order valence-corrected chi connectivity index (χ2v) is 4.31. The molecule has 82 valence electrons. The minimum absolute atomic E-state index is 0.381. The monoisotopic (exact) mass is 225 g/mol. The Morgan fingerprint density at radius 3 is 2.80 bits per heavy atom. The quantitative estimate of drug-likeness (QED) is 0.765. The number of nitrogens with two attached hydrogens (primary N) is 1. The predicted molar refractivity (Wildman–Crippen MR) is 62.3 cm³/mol. The van der Waals surface area contributed by atoms with Crippen molar-refractivity contribution in [1.82, 2.24) is 0 Å². The third kappa shape index (κ3) is 3.25. The van der Waals surface area contributed by atoms with E-state index in [0.717, 1.165) is 10.5 Å². The smallest absolute Gasteiger partial charge is 0.320 e. The first-order valence-electron chi connectivity index (χ1n) is 4.66. The first kappa shape index (κ1) is 12.1. The summed E-state index contributed by atoms with van der Waals surface area (Å²) in [4.78, 5) is 11.7. The fourth-order valence-corrected chi connectivity index (χ4v) is 2.06. The second-order valence-electron chi connectivity index (χ2n) is 3.46. The van der Waals surface area contributed by atoms with Crippen molar-refractivity contribution in [3.63, 3.8) is 0 Å². The van der Waals surface area contributed by atoms with Gasteiger partial charge in [-0.15, -0.1) is 11.8 Å². The molecule has 0 saturated carbocycles. The molecule has 1 atom stereocenters. The molecule has 0 spiro atoms. The van der Waals surface area contributed by atoms with Gasteiger partial charge in [0.15, 0.2) is 0 Å². The van der Waals surface area contributed by atoms with Crippen LogP contribution in [0.3, 0.4) is 0 Å². The summed E-state index contributed by atoms with van der Waals surface area (Å²) in [6.45, 7) is 2.01. The standard InChI is InChI=1S/C11H15NO2S/c1-7-3-4-8(10(5-7)15-2)6-9(12)11(13)14/h3-5,9H,6,12H2,1-2H3,(H,13,14). The van der Waals surface area contributed by atoms with Crippen molar-refractivity contribution < 1.29 is 9.90 Å². The molecule has 0 aliphatic rings. The van der Waals surface area contributed by atoms with Crippen molar-refractivity contribution in [2.24, 2.45) is 5.73 Å². The first-order valence-corrected chi connectivity index (χ1v) is 5.89. The molecule has 1 rings (SSSR count). The van der Waals surface area contributed by atoms with Crippen molar-refractivity contribution in [3.05, 3.63) is 29.3 Å². The van der Waals surface area contributed by atoms with Gasteiger partial charge in [0.25, 0.3) is 0 Å². The summed E-state index contributed by atoms with van der Waals surface area (Å²) in [5.74, 6) is -0.956. The lowest BCUT2D eigenvalue weighted by molar-refractivity contribution is -0.138. The summed E-state index contributed by atoms with van der Waals surface area (Å²) in [6.07, 6.45) is 2.36. The van der Waals surface area contributed by atoms with E-state index in [1.165, 1.54) is 5.56 Å². The van der Waals surface area contributed by atoms with Gasteiger partial charge in [-0.1, -0.05) is 17.7 Å². The summed E-state index contributed by atoms with van der Waals surface area (Å²) < 4.78 is 0. The zero-order valence-corrected chi connectivity index (χ0v) is 9.67. The molecule has 0 amide bonds. The molecule has 0 heterocycles. The normalized spacial score (nSPS) is 12.5. The number of hydrogen-bond donors (Lipinski definition) is 2. The number of rotatable bonds is 4. The van der Waals surface area contributed by atoms with Crippen LogP contribution in [0, 0.1) is 6.92 Å². The molecule has 0 saturated heterocycles. The predicted octanol–water partition coefficient (Wildman–Crippen LogP) is 1.67. The van der Waals surface area contributed by atoms with Crippen LogP contribution in [-0.4, -0.2) is 23.4 Å². The molecule has 3 N–H and O–H groups in total. The van der Waals surface area contributed by atoms with E-state index in [2.05, 4.69) is 6.07 Å². The number of aryl methyl sites for hydroxylation is 1. The molecule has 0 fully saturated rings. The number of carbonyl (C=O) groups is 1. The van der Waals surface area contributed by atoms with Crippen LogP contribution >= 0.6 is 11.8 Å². The lowest BCUT2D eigenvalue weighted by Crippen LogP contribution is -2.32. The van der Waals surface area contributed by atoms with Crippen molar-refractivity contribution in [1.29, 1.82) is 0 Å². The van der Waals surface area contributed by atoms with Gasteiger partial charge in [-0.3, -0.25) is 4.79 Å². The molecule has 15 heavy (non-hydrogen) atoms. The molecule has 0 aliphatic carbocycles. The maximum atomic E-state index is 10.6. The number of carboxylic acid groups (broad SMARTS) is 1. The van der Waals surface area contributed by atoms with Crippen molar-refractivity contribution in [3.8, 4) is 0 Å². The zero-order chi connectivity index (χ0) is 11.4. The number of thioether (sulfide) groups is 1. The summed E-state index contributed by atoms with van der Waals surface area (Å²) in [7, 11) is 0. The van der Waals surface area contributed by atoms with E-state index in [0.29, 0.717) is 6.42 Å². The van der Waals surface area contributed by atoms with E-state index in [-0.39, 0.29) is 0 Å². The third-order valence-electron chi connectivity index (χ3n) is 2.20. The Morgan fingerprint density at radius 2 is 2.27 bits per heavy atom. The summed E-state index contributed by atoms with van der Waals surface area (Å²) >= 11 is 1.61. The van der Waals surface area contributed by atoms with Gasteiger partial charge in [0.05, 0.1) is 0 Å². The molecule has 3 nitrogen and oxygen atoms in total. The van der Waals surface area contributed by atoms with Crippen LogP contribution in [0.25, 0.3) is 0 Å². The van der Waals surface area contributed by atoms with E-state index in [9.17, 15) is 4.79 Å². The lowest BCUT2D eigenvalue weighted by atomic mass is 10.1. The van der Waals surface area contributed by atoms with Crippen LogP contribution in [0.2, 0.25) is 0 Å². The van der Waals surface area contributed by atoms with Gasteiger partial charge in [-0.05, 0) is 31.2 Å². The molecule has 0 aliphatic heterocycles. The molecule has 0 aromatic heterocycles. The average molecular weight is 225 g/mol. The summed E-state index contributed by atoms with van der Waals surface area (Å²) in [6, 6.07) is 5.15. The van der Waals surface area contributed by atoms with Crippen LogP contribution in [0.5, 0.6) is 0 Å². The Kier molecular flexibility index (Phi) is 4.17. The Hall–Kier alpha value is -1.00. The Morgan fingerprint density at radius 1 is 1.60 bits per heavy atom. The fourth-order valence-electron chi connectivity index (χ4n) is 1.34. The number of aliphatic carboxylic acids is 1. The molecule has 4 heteroatoms. The average Bonchev–Trinajstić information content (AvgIpc) is 2.20. The van der Waals surface area contributed by atoms with Crippen molar-refractivity contribution in [2.75, 3.05) is 6.26 Å². The van der Waals surface area contributed by atoms with E-state index < -0.39 is 12.0 Å². The maximum Gasteiger partial charge on any atom is 0.320 e. The van der Waals surface area contributed by atoms with Gasteiger partial charge in [-0.2, -0.15) is 0 Å². The van der Waals surface area contributed by atoms with Crippen LogP contribution < -0.4 is 5.73 Å². The third-order valence-corrected chi connectivity index (χ3v) is 3.02. The molecule has 0 bridgehead atoms. The molecule has 1 aromatic carbocycles. The Balaban J connectivity index is 2.89. The van der Waals surface area contributed by atoms with E-state index in [1.807, 2.05) is 25.3 Å². The van der Waals surface area contributed by atoms with Gasteiger partial charge in [-0.25, -0.2) is 0 Å². The highest BCUT2D eigenvalue weighted by molar-refractivity contribution is 7.98. The Labute approximate surface area is 93.7 Å². The van der Waals surface area contributed by atoms with Gasteiger partial charge < -0.3 is 10.8 Å². The highest BCUT2D eigenvalue weighted by Crippen LogP contribution is 2.22. The highest BCUT2D eigenvalue weighted by Gasteiger charge is 2.14. The lowest BCUT2D eigenvalue weighted by Gasteiger charge is -2.11. The topological polar surface area (TPSA) is 63.3 Å². The highest BCUT2D eigenvalue weighted by atomic mass is 32.2. The van der Waals surface area contributed by atoms with Crippen LogP contribution in [0.1, 0.15) is 11.1 Å². The molecule has 1 aromatic rings. The van der Waals surface area contributed by atoms with E-state index in [4.69, 9.17) is 10.8 Å². The number of carboxylic acids is 1. The fraction of sp³-hybridized carbons (Fsp3) is 0.364. The van der Waals surface area contributed by atoms with E-state index in [1.54, 1.807) is 11.8 Å². The van der Waals surface area contributed by atoms with Crippen LogP contribution in [0.4, 0.5) is 0 Å². The van der Waals surface area contributed by atoms with Gasteiger partial charge in [0.1, 0.15) is 6.04 Å². The first-order chi connectivity index (χ1) is 7.04. The zero-order valence-electron chi connectivity index (χ0n) is 8.86. The molecular formula is C11H15NO2S. The SMILES string of the molecule is CSc1cc(C)ccc1CC(N)C(=O)O. The largest absolute Gasteiger partial charge is 0.480 e. The summed E-state index contributed by atoms with van der Waals surface area (Å²) in [5.41, 5.74) is 7.68. The molecule has 0 radical (unpaired) electrons. The molecular weight excluding hydrogens is 210 g/mol. The van der Waals surface area contributed by atoms with Crippen molar-refractivity contribution >= 4 is 17.7 Å². The van der Waals surface area contributed by atoms with E-state index >= 15 is 0 Å². The Bertz CT molecular complexity index is 366. The van der Waals surface area contributed by atoms with Gasteiger partial charge in [0.2, 0.25) is 0 Å². The number of benzene rings is 1. The minimum atomic E-state index is -0.956. The van der Waals surface area contributed by atoms with Crippen molar-refractivity contribution in [2.45, 2.75) is 24.3 Å². The second kappa shape index (κ2) is 5.19. The van der Waals surface area contributed by atoms with Crippen LogP contribution in [0.15, 0.2) is 23.1 Å². The molecule has 1 unspecified atom stereocenters. The summed E-state index contributed by atoms with van der Waals surface area (Å²) in [5, 5.41) is 8.73.